The summed E-state index contributed by atoms with van der Waals surface area (Å²) in [6, 6.07) is -0.437. The molecule has 78 valence electrons. The summed E-state index contributed by atoms with van der Waals surface area (Å²) < 4.78 is 0. The summed E-state index contributed by atoms with van der Waals surface area (Å²) in [7, 11) is 0. The molecule has 0 bridgehead atoms. The number of nitrogens with zero attached hydrogens (tertiary/aromatic N) is 1. The lowest BCUT2D eigenvalue weighted by atomic mass is 10.3. The zero-order valence-corrected chi connectivity index (χ0v) is 9.23. The Balaban J connectivity index is 2.25. The smallest absolute Gasteiger partial charge is 0.236 e. The largest absolute Gasteiger partial charge is 0.354 e. The Labute approximate surface area is 87.5 Å². The van der Waals surface area contributed by atoms with Crippen molar-refractivity contribution < 1.29 is 4.79 Å². The minimum absolute atomic E-state index is 0.113. The van der Waals surface area contributed by atoms with E-state index in [2.05, 4.69) is 10.3 Å². The maximum Gasteiger partial charge on any atom is 0.236 e. The molecule has 0 aliphatic heterocycles. The fraction of sp³-hybridized carbons (Fsp3) is 0.556. The van der Waals surface area contributed by atoms with E-state index in [1.165, 1.54) is 0 Å². The van der Waals surface area contributed by atoms with Crippen molar-refractivity contribution in [2.75, 3.05) is 6.54 Å². The second-order valence-electron chi connectivity index (χ2n) is 3.21. The van der Waals surface area contributed by atoms with E-state index in [0.717, 1.165) is 17.1 Å². The average Bonchev–Trinajstić information content (AvgIpc) is 2.51. The SMILES string of the molecule is Cc1csc(CCNC(=O)C(C)N)n1. The molecule has 1 heterocycles. The van der Waals surface area contributed by atoms with Gasteiger partial charge in [0.05, 0.1) is 11.0 Å². The van der Waals surface area contributed by atoms with Crippen LogP contribution in [-0.2, 0) is 11.2 Å². The maximum atomic E-state index is 11.1. The number of aryl methyl sites for hydroxylation is 1. The quantitative estimate of drug-likeness (QED) is 0.763. The lowest BCUT2D eigenvalue weighted by Gasteiger charge is -2.05. The number of carbonyl (C=O) groups is 1. The molecular formula is C9H15N3OS. The number of nitrogens with one attached hydrogen (secondary N) is 1. The third-order valence-electron chi connectivity index (χ3n) is 1.72. The monoisotopic (exact) mass is 213 g/mol. The van der Waals surface area contributed by atoms with Crippen LogP contribution in [0.5, 0.6) is 0 Å². The van der Waals surface area contributed by atoms with Gasteiger partial charge in [0.25, 0.3) is 0 Å². The Morgan fingerprint density at radius 1 is 1.79 bits per heavy atom. The molecule has 0 saturated carbocycles. The molecule has 5 heteroatoms. The predicted octanol–water partition coefficient (Wildman–Crippen LogP) is 0.457. The molecule has 4 nitrogen and oxygen atoms in total. The number of thiazole rings is 1. The van der Waals surface area contributed by atoms with E-state index >= 15 is 0 Å². The number of carbonyl (C=O) groups excluding carboxylic acids is 1. The number of aromatic nitrogens is 1. The highest BCUT2D eigenvalue weighted by atomic mass is 32.1. The number of rotatable bonds is 4. The molecule has 14 heavy (non-hydrogen) atoms. The summed E-state index contributed by atoms with van der Waals surface area (Å²) in [5.41, 5.74) is 6.43. The van der Waals surface area contributed by atoms with Gasteiger partial charge in [0, 0.05) is 24.0 Å². The fourth-order valence-electron chi connectivity index (χ4n) is 0.971. The van der Waals surface area contributed by atoms with Crippen LogP contribution >= 0.6 is 11.3 Å². The Morgan fingerprint density at radius 3 is 3.00 bits per heavy atom. The molecule has 0 spiro atoms. The molecule has 1 aromatic heterocycles. The van der Waals surface area contributed by atoms with Gasteiger partial charge in [0.15, 0.2) is 0 Å². The van der Waals surface area contributed by atoms with Crippen molar-refractivity contribution in [1.82, 2.24) is 10.3 Å². The van der Waals surface area contributed by atoms with Crippen LogP contribution in [0.4, 0.5) is 0 Å². The highest BCUT2D eigenvalue weighted by Crippen LogP contribution is 2.08. The minimum atomic E-state index is -0.437. The van der Waals surface area contributed by atoms with Gasteiger partial charge < -0.3 is 11.1 Å². The van der Waals surface area contributed by atoms with E-state index < -0.39 is 6.04 Å². The first-order chi connectivity index (χ1) is 6.59. The highest BCUT2D eigenvalue weighted by Gasteiger charge is 2.06. The van der Waals surface area contributed by atoms with Gasteiger partial charge >= 0.3 is 0 Å². The summed E-state index contributed by atoms with van der Waals surface area (Å²) in [4.78, 5) is 15.4. The predicted molar refractivity (Wildman–Crippen MR) is 57.2 cm³/mol. The van der Waals surface area contributed by atoms with E-state index in [0.29, 0.717) is 6.54 Å². The van der Waals surface area contributed by atoms with Gasteiger partial charge in [-0.25, -0.2) is 4.98 Å². The molecule has 0 aromatic carbocycles. The maximum absolute atomic E-state index is 11.1. The van der Waals surface area contributed by atoms with Gasteiger partial charge in [-0.05, 0) is 13.8 Å². The molecule has 0 aliphatic rings. The summed E-state index contributed by atoms with van der Waals surface area (Å²) in [5, 5.41) is 5.79. The molecule has 1 atom stereocenters. The van der Waals surface area contributed by atoms with Gasteiger partial charge in [0.1, 0.15) is 0 Å². The Morgan fingerprint density at radius 2 is 2.50 bits per heavy atom. The van der Waals surface area contributed by atoms with E-state index in [9.17, 15) is 4.79 Å². The number of hydrogen-bond donors (Lipinski definition) is 2. The van der Waals surface area contributed by atoms with Crippen LogP contribution in [0.25, 0.3) is 0 Å². The third-order valence-corrected chi connectivity index (χ3v) is 2.74. The Kier molecular flexibility index (Phi) is 4.03. The molecule has 0 aliphatic carbocycles. The zero-order chi connectivity index (χ0) is 10.6. The van der Waals surface area contributed by atoms with Crippen molar-refractivity contribution in [2.24, 2.45) is 5.73 Å². The van der Waals surface area contributed by atoms with Gasteiger partial charge in [-0.3, -0.25) is 4.79 Å². The Hall–Kier alpha value is -0.940. The first kappa shape index (κ1) is 11.1. The molecule has 0 fully saturated rings. The highest BCUT2D eigenvalue weighted by molar-refractivity contribution is 7.09. The van der Waals surface area contributed by atoms with Crippen LogP contribution < -0.4 is 11.1 Å². The molecule has 1 rings (SSSR count). The van der Waals surface area contributed by atoms with Crippen LogP contribution in [0.15, 0.2) is 5.38 Å². The molecule has 1 unspecified atom stereocenters. The minimum Gasteiger partial charge on any atom is -0.354 e. The summed E-state index contributed by atoms with van der Waals surface area (Å²) >= 11 is 1.62. The van der Waals surface area contributed by atoms with E-state index in [4.69, 9.17) is 5.73 Å². The normalized spacial score (nSPS) is 12.5. The number of hydrogen-bond acceptors (Lipinski definition) is 4. The third kappa shape index (κ3) is 3.43. The summed E-state index contributed by atoms with van der Waals surface area (Å²) in [5.74, 6) is -0.113. The second-order valence-corrected chi connectivity index (χ2v) is 4.15. The fourth-order valence-corrected chi connectivity index (χ4v) is 1.75. The topological polar surface area (TPSA) is 68.0 Å². The van der Waals surface area contributed by atoms with Crippen molar-refractivity contribution in [3.8, 4) is 0 Å². The first-order valence-corrected chi connectivity index (χ1v) is 5.42. The van der Waals surface area contributed by atoms with Crippen molar-refractivity contribution in [3.05, 3.63) is 16.1 Å². The zero-order valence-electron chi connectivity index (χ0n) is 8.41. The van der Waals surface area contributed by atoms with Crippen LogP contribution in [0.1, 0.15) is 17.6 Å². The van der Waals surface area contributed by atoms with Gasteiger partial charge in [-0.1, -0.05) is 0 Å². The van der Waals surface area contributed by atoms with Crippen molar-refractivity contribution in [1.29, 1.82) is 0 Å². The average molecular weight is 213 g/mol. The lowest BCUT2D eigenvalue weighted by molar-refractivity contribution is -0.121. The first-order valence-electron chi connectivity index (χ1n) is 4.54. The number of nitrogens with two attached hydrogens (primary N) is 1. The Bertz CT molecular complexity index is 309. The molecular weight excluding hydrogens is 198 g/mol. The van der Waals surface area contributed by atoms with E-state index in [-0.39, 0.29) is 5.91 Å². The van der Waals surface area contributed by atoms with Crippen LogP contribution in [0.3, 0.4) is 0 Å². The molecule has 0 radical (unpaired) electrons. The molecule has 1 amide bonds. The van der Waals surface area contributed by atoms with Crippen molar-refractivity contribution >= 4 is 17.2 Å². The van der Waals surface area contributed by atoms with Gasteiger partial charge in [-0.15, -0.1) is 11.3 Å². The number of amides is 1. The van der Waals surface area contributed by atoms with Crippen LogP contribution in [-0.4, -0.2) is 23.5 Å². The van der Waals surface area contributed by atoms with E-state index in [1.807, 2.05) is 12.3 Å². The standard InChI is InChI=1S/C9H15N3OS/c1-6-5-14-8(12-6)3-4-11-9(13)7(2)10/h5,7H,3-4,10H2,1-2H3,(H,11,13). The van der Waals surface area contributed by atoms with Crippen molar-refractivity contribution in [3.63, 3.8) is 0 Å². The van der Waals surface area contributed by atoms with Crippen LogP contribution in [0.2, 0.25) is 0 Å². The molecule has 0 saturated heterocycles. The van der Waals surface area contributed by atoms with Gasteiger partial charge in [-0.2, -0.15) is 0 Å². The van der Waals surface area contributed by atoms with E-state index in [1.54, 1.807) is 18.3 Å². The molecule has 3 N–H and O–H groups in total. The van der Waals surface area contributed by atoms with Crippen LogP contribution in [0, 0.1) is 6.92 Å². The second kappa shape index (κ2) is 5.07. The lowest BCUT2D eigenvalue weighted by Crippen LogP contribution is -2.39. The van der Waals surface area contributed by atoms with Crippen molar-refractivity contribution in [2.45, 2.75) is 26.3 Å². The molecule has 1 aromatic rings. The van der Waals surface area contributed by atoms with Gasteiger partial charge in [0.2, 0.25) is 5.91 Å². The summed E-state index contributed by atoms with van der Waals surface area (Å²) in [6.45, 7) is 4.23. The summed E-state index contributed by atoms with van der Waals surface area (Å²) in [6.07, 6.45) is 0.775.